The second-order valence-electron chi connectivity index (χ2n) is 6.64. The number of methoxy groups -OCH3 is 1. The van der Waals surface area contributed by atoms with Gasteiger partial charge in [0.15, 0.2) is 0 Å². The molecule has 1 aliphatic heterocycles. The lowest BCUT2D eigenvalue weighted by Gasteiger charge is -2.28. The van der Waals surface area contributed by atoms with Crippen molar-refractivity contribution in [1.82, 2.24) is 14.3 Å². The van der Waals surface area contributed by atoms with Crippen molar-refractivity contribution in [3.63, 3.8) is 0 Å². The van der Waals surface area contributed by atoms with E-state index in [1.807, 2.05) is 0 Å². The average Bonchev–Trinajstić information content (AvgIpc) is 3.13. The maximum absolute atomic E-state index is 5.29. The van der Waals surface area contributed by atoms with Crippen molar-refractivity contribution < 1.29 is 4.74 Å². The summed E-state index contributed by atoms with van der Waals surface area (Å²) < 4.78 is 9.78. The number of benzene rings is 1. The van der Waals surface area contributed by atoms with Gasteiger partial charge in [0, 0.05) is 24.0 Å². The van der Waals surface area contributed by atoms with Gasteiger partial charge in [-0.05, 0) is 56.5 Å². The lowest BCUT2D eigenvalue weighted by Crippen LogP contribution is -2.31. The smallest absolute Gasteiger partial charge is 0.202 e. The standard InChI is InChI=1S/C18H24N4OS/c1-23-15-8-6-13(7-9-15)16(22-10-2-3-11-22)12-19-18-20-17(21-24-18)14-4-5-14/h6-9,14,16H,2-5,10-12H2,1H3,(H,19,20,21). The van der Waals surface area contributed by atoms with E-state index in [0.717, 1.165) is 23.3 Å². The molecule has 4 rings (SSSR count). The fourth-order valence-corrected chi connectivity index (χ4v) is 3.99. The summed E-state index contributed by atoms with van der Waals surface area (Å²) in [7, 11) is 1.71. The van der Waals surface area contributed by atoms with Gasteiger partial charge in [-0.2, -0.15) is 4.37 Å². The van der Waals surface area contributed by atoms with E-state index in [-0.39, 0.29) is 0 Å². The molecular formula is C18H24N4OS. The van der Waals surface area contributed by atoms with Crippen molar-refractivity contribution >= 4 is 16.7 Å². The minimum absolute atomic E-state index is 0.367. The van der Waals surface area contributed by atoms with Crippen molar-refractivity contribution in [3.8, 4) is 5.75 Å². The summed E-state index contributed by atoms with van der Waals surface area (Å²) in [6, 6.07) is 8.83. The largest absolute Gasteiger partial charge is 0.497 e. The number of aromatic nitrogens is 2. The lowest BCUT2D eigenvalue weighted by atomic mass is 10.1. The molecule has 2 heterocycles. The Balaban J connectivity index is 1.46. The highest BCUT2D eigenvalue weighted by Gasteiger charge is 2.28. The molecule has 0 radical (unpaired) electrons. The van der Waals surface area contributed by atoms with Crippen LogP contribution >= 0.6 is 11.5 Å². The number of ether oxygens (including phenoxy) is 1. The molecule has 0 bridgehead atoms. The molecular weight excluding hydrogens is 320 g/mol. The van der Waals surface area contributed by atoms with E-state index in [1.54, 1.807) is 7.11 Å². The summed E-state index contributed by atoms with van der Waals surface area (Å²) in [5.41, 5.74) is 1.33. The van der Waals surface area contributed by atoms with Gasteiger partial charge in [-0.15, -0.1) is 0 Å². The molecule has 24 heavy (non-hydrogen) atoms. The zero-order valence-corrected chi connectivity index (χ0v) is 14.9. The summed E-state index contributed by atoms with van der Waals surface area (Å²) in [6.45, 7) is 3.20. The normalized spacial score (nSPS) is 19.4. The first-order valence-corrected chi connectivity index (χ1v) is 9.56. The van der Waals surface area contributed by atoms with E-state index in [4.69, 9.17) is 4.74 Å². The van der Waals surface area contributed by atoms with Crippen LogP contribution in [0.25, 0.3) is 0 Å². The van der Waals surface area contributed by atoms with E-state index in [9.17, 15) is 0 Å². The summed E-state index contributed by atoms with van der Waals surface area (Å²) >= 11 is 1.49. The molecule has 1 saturated heterocycles. The van der Waals surface area contributed by atoms with E-state index in [1.165, 1.54) is 55.9 Å². The summed E-state index contributed by atoms with van der Waals surface area (Å²) in [6.07, 6.45) is 5.07. The number of hydrogen-bond donors (Lipinski definition) is 1. The third-order valence-electron chi connectivity index (χ3n) is 4.91. The first-order valence-electron chi connectivity index (χ1n) is 8.79. The highest BCUT2D eigenvalue weighted by atomic mass is 32.1. The van der Waals surface area contributed by atoms with Crippen LogP contribution in [-0.2, 0) is 0 Å². The van der Waals surface area contributed by atoms with Gasteiger partial charge < -0.3 is 10.1 Å². The third kappa shape index (κ3) is 3.54. The lowest BCUT2D eigenvalue weighted by molar-refractivity contribution is 0.256. The molecule has 2 aromatic rings. The Bertz CT molecular complexity index is 662. The summed E-state index contributed by atoms with van der Waals surface area (Å²) in [5.74, 6) is 2.56. The molecule has 1 unspecified atom stereocenters. The summed E-state index contributed by atoms with van der Waals surface area (Å²) in [4.78, 5) is 7.22. The number of anilines is 1. The van der Waals surface area contributed by atoms with Crippen molar-refractivity contribution in [2.24, 2.45) is 0 Å². The van der Waals surface area contributed by atoms with Crippen molar-refractivity contribution in [1.29, 1.82) is 0 Å². The fraction of sp³-hybridized carbons (Fsp3) is 0.556. The number of rotatable bonds is 7. The number of nitrogens with zero attached hydrogens (tertiary/aromatic N) is 3. The first kappa shape index (κ1) is 15.8. The first-order chi connectivity index (χ1) is 11.8. The van der Waals surface area contributed by atoms with Crippen LogP contribution in [0.5, 0.6) is 5.75 Å². The van der Waals surface area contributed by atoms with Gasteiger partial charge in [0.1, 0.15) is 11.6 Å². The van der Waals surface area contributed by atoms with E-state index in [2.05, 4.69) is 43.8 Å². The maximum atomic E-state index is 5.29. The fourth-order valence-electron chi connectivity index (χ4n) is 3.34. The van der Waals surface area contributed by atoms with Crippen LogP contribution in [0, 0.1) is 0 Å². The molecule has 1 atom stereocenters. The van der Waals surface area contributed by atoms with E-state index < -0.39 is 0 Å². The van der Waals surface area contributed by atoms with Crippen LogP contribution in [0.4, 0.5) is 5.13 Å². The Kier molecular flexibility index (Phi) is 4.67. The van der Waals surface area contributed by atoms with Gasteiger partial charge in [0.25, 0.3) is 0 Å². The Labute approximate surface area is 147 Å². The minimum atomic E-state index is 0.367. The van der Waals surface area contributed by atoms with Crippen LogP contribution in [0.15, 0.2) is 24.3 Å². The van der Waals surface area contributed by atoms with E-state index >= 15 is 0 Å². The Morgan fingerprint density at radius 3 is 2.67 bits per heavy atom. The maximum Gasteiger partial charge on any atom is 0.202 e. The third-order valence-corrected chi connectivity index (χ3v) is 5.60. The molecule has 1 N–H and O–H groups in total. The van der Waals surface area contributed by atoms with Crippen molar-refractivity contribution in [3.05, 3.63) is 35.7 Å². The van der Waals surface area contributed by atoms with Gasteiger partial charge in [-0.25, -0.2) is 4.98 Å². The molecule has 1 aliphatic carbocycles. The zero-order chi connectivity index (χ0) is 16.4. The van der Waals surface area contributed by atoms with Gasteiger partial charge in [0.05, 0.1) is 13.2 Å². The predicted octanol–water partition coefficient (Wildman–Crippen LogP) is 3.67. The quantitative estimate of drug-likeness (QED) is 0.830. The molecule has 0 spiro atoms. The highest BCUT2D eigenvalue weighted by molar-refractivity contribution is 7.09. The van der Waals surface area contributed by atoms with Crippen LogP contribution < -0.4 is 10.1 Å². The number of nitrogens with one attached hydrogen (secondary N) is 1. The Morgan fingerprint density at radius 1 is 1.25 bits per heavy atom. The molecule has 1 aromatic heterocycles. The summed E-state index contributed by atoms with van der Waals surface area (Å²) in [5, 5.41) is 4.48. The molecule has 2 aliphatic rings. The Morgan fingerprint density at radius 2 is 2.00 bits per heavy atom. The van der Waals surface area contributed by atoms with Gasteiger partial charge in [-0.1, -0.05) is 12.1 Å². The van der Waals surface area contributed by atoms with E-state index in [0.29, 0.717) is 12.0 Å². The highest BCUT2D eigenvalue weighted by Crippen LogP contribution is 2.39. The van der Waals surface area contributed by atoms with Crippen LogP contribution in [0.2, 0.25) is 0 Å². The SMILES string of the molecule is COc1ccc(C(CNc2nc(C3CC3)ns2)N2CCCC2)cc1. The van der Waals surface area contributed by atoms with Gasteiger partial charge >= 0.3 is 0 Å². The Hall–Kier alpha value is -1.66. The number of likely N-dealkylation sites (tertiary alicyclic amines) is 1. The van der Waals surface area contributed by atoms with Crippen LogP contribution in [0.1, 0.15) is 49.0 Å². The second-order valence-corrected chi connectivity index (χ2v) is 7.40. The topological polar surface area (TPSA) is 50.3 Å². The van der Waals surface area contributed by atoms with Crippen molar-refractivity contribution in [2.75, 3.05) is 32.1 Å². The van der Waals surface area contributed by atoms with Crippen molar-refractivity contribution in [2.45, 2.75) is 37.6 Å². The molecule has 1 saturated carbocycles. The molecule has 0 amide bonds. The van der Waals surface area contributed by atoms with Gasteiger partial charge in [-0.3, -0.25) is 4.90 Å². The average molecular weight is 344 g/mol. The molecule has 2 fully saturated rings. The molecule has 128 valence electrons. The predicted molar refractivity (Wildman–Crippen MR) is 96.9 cm³/mol. The van der Waals surface area contributed by atoms with Gasteiger partial charge in [0.2, 0.25) is 5.13 Å². The number of hydrogen-bond acceptors (Lipinski definition) is 6. The monoisotopic (exact) mass is 344 g/mol. The van der Waals surface area contributed by atoms with Crippen LogP contribution in [0.3, 0.4) is 0 Å². The zero-order valence-electron chi connectivity index (χ0n) is 14.1. The van der Waals surface area contributed by atoms with Crippen LogP contribution in [-0.4, -0.2) is 41.0 Å². The molecule has 6 heteroatoms. The molecule has 5 nitrogen and oxygen atoms in total. The second kappa shape index (κ2) is 7.07. The molecule has 1 aromatic carbocycles. The minimum Gasteiger partial charge on any atom is -0.497 e.